The van der Waals surface area contributed by atoms with E-state index in [2.05, 4.69) is 22.8 Å². The van der Waals surface area contributed by atoms with Crippen LogP contribution in [0.25, 0.3) is 0 Å². The molecule has 0 spiro atoms. The van der Waals surface area contributed by atoms with E-state index in [1.807, 2.05) is 19.1 Å². The Morgan fingerprint density at radius 1 is 1.21 bits per heavy atom. The molecule has 28 heavy (non-hydrogen) atoms. The Kier molecular flexibility index (Phi) is 6.44. The lowest BCUT2D eigenvalue weighted by Crippen LogP contribution is -2.28. The van der Waals surface area contributed by atoms with Crippen molar-refractivity contribution < 1.29 is 9.18 Å². The van der Waals surface area contributed by atoms with E-state index < -0.39 is 5.91 Å². The van der Waals surface area contributed by atoms with E-state index in [0.29, 0.717) is 5.56 Å². The van der Waals surface area contributed by atoms with Crippen molar-refractivity contribution >= 4 is 5.91 Å². The van der Waals surface area contributed by atoms with Crippen molar-refractivity contribution in [2.24, 2.45) is 0 Å². The summed E-state index contributed by atoms with van der Waals surface area (Å²) in [6.45, 7) is 2.11. The topological polar surface area (TPSA) is 64.9 Å². The predicted octanol–water partition coefficient (Wildman–Crippen LogP) is 4.08. The molecule has 0 saturated heterocycles. The molecule has 0 aliphatic heterocycles. The van der Waals surface area contributed by atoms with Gasteiger partial charge in [-0.25, -0.2) is 4.39 Å². The van der Waals surface area contributed by atoms with Crippen LogP contribution in [-0.4, -0.2) is 5.91 Å². The summed E-state index contributed by atoms with van der Waals surface area (Å²) in [5.41, 5.74) is 4.21. The molecule has 0 heterocycles. The zero-order valence-electron chi connectivity index (χ0n) is 16.0. The smallest absolute Gasteiger partial charge is 0.263 e. The van der Waals surface area contributed by atoms with Crippen molar-refractivity contribution in [3.05, 3.63) is 82.3 Å². The van der Waals surface area contributed by atoms with Gasteiger partial charge in [0, 0.05) is 18.3 Å². The average molecular weight is 377 g/mol. The molecule has 0 fully saturated rings. The fourth-order valence-electron chi connectivity index (χ4n) is 3.43. The fourth-order valence-corrected chi connectivity index (χ4v) is 3.43. The first-order chi connectivity index (χ1) is 13.6. The Morgan fingerprint density at radius 3 is 2.71 bits per heavy atom. The number of amides is 1. The van der Waals surface area contributed by atoms with Crippen molar-refractivity contribution in [1.29, 1.82) is 5.26 Å². The van der Waals surface area contributed by atoms with E-state index in [1.54, 1.807) is 18.2 Å². The summed E-state index contributed by atoms with van der Waals surface area (Å²) >= 11 is 0. The second-order valence-corrected chi connectivity index (χ2v) is 7.07. The van der Waals surface area contributed by atoms with Gasteiger partial charge in [-0.1, -0.05) is 36.4 Å². The van der Waals surface area contributed by atoms with Gasteiger partial charge in [0.2, 0.25) is 0 Å². The fraction of sp³-hybridized carbons (Fsp3) is 0.304. The molecule has 0 aromatic heterocycles. The van der Waals surface area contributed by atoms with E-state index >= 15 is 0 Å². The maximum Gasteiger partial charge on any atom is 0.263 e. The highest BCUT2D eigenvalue weighted by Gasteiger charge is 2.16. The largest absolute Gasteiger partial charge is 0.385 e. The predicted molar refractivity (Wildman–Crippen MR) is 107 cm³/mol. The Hall–Kier alpha value is -3.13. The third kappa shape index (κ3) is 4.77. The van der Waals surface area contributed by atoms with E-state index in [0.717, 1.165) is 18.4 Å². The van der Waals surface area contributed by atoms with Crippen molar-refractivity contribution in [3.8, 4) is 6.07 Å². The molecule has 0 saturated carbocycles. The number of rotatable bonds is 6. The molecular weight excluding hydrogens is 353 g/mol. The Morgan fingerprint density at radius 2 is 1.96 bits per heavy atom. The maximum atomic E-state index is 13.6. The number of aryl methyl sites for hydroxylation is 2. The standard InChI is InChI=1S/C23H24FN3O/c1-16(18-11-10-17-6-2-3-7-19(17)12-18)27-23(28)21(13-25)15-26-14-20-8-4-5-9-22(20)24/h4-5,8-12,15-16,26H,2-3,6-7,14H2,1H3,(H,27,28)/b21-15-. The molecule has 2 N–H and O–H groups in total. The van der Waals surface area contributed by atoms with Crippen LogP contribution in [0.1, 0.15) is 48.1 Å². The molecule has 144 valence electrons. The van der Waals surface area contributed by atoms with E-state index in [-0.39, 0.29) is 24.0 Å². The number of fused-ring (bicyclic) bond motifs is 1. The summed E-state index contributed by atoms with van der Waals surface area (Å²) in [6.07, 6.45) is 5.96. The molecule has 4 nitrogen and oxygen atoms in total. The first-order valence-electron chi connectivity index (χ1n) is 9.58. The third-order valence-corrected chi connectivity index (χ3v) is 5.08. The van der Waals surface area contributed by atoms with Gasteiger partial charge in [-0.2, -0.15) is 5.26 Å². The number of nitrogens with one attached hydrogen (secondary N) is 2. The summed E-state index contributed by atoms with van der Waals surface area (Å²) in [4.78, 5) is 12.4. The van der Waals surface area contributed by atoms with Gasteiger partial charge in [-0.05, 0) is 55.4 Å². The molecular formula is C23H24FN3O. The minimum atomic E-state index is -0.450. The number of nitrogens with zero attached hydrogens (tertiary/aromatic N) is 1. The quantitative estimate of drug-likeness (QED) is 0.589. The van der Waals surface area contributed by atoms with Gasteiger partial charge >= 0.3 is 0 Å². The summed E-state index contributed by atoms with van der Waals surface area (Å²) in [6, 6.07) is 14.4. The van der Waals surface area contributed by atoms with E-state index in [9.17, 15) is 14.4 Å². The minimum Gasteiger partial charge on any atom is -0.385 e. The molecule has 0 bridgehead atoms. The zero-order chi connectivity index (χ0) is 19.9. The van der Waals surface area contributed by atoms with Crippen molar-refractivity contribution in [1.82, 2.24) is 10.6 Å². The molecule has 1 amide bonds. The first-order valence-corrected chi connectivity index (χ1v) is 9.58. The second-order valence-electron chi connectivity index (χ2n) is 7.07. The normalized spacial score (nSPS) is 14.5. The van der Waals surface area contributed by atoms with E-state index in [1.165, 1.54) is 36.2 Å². The van der Waals surface area contributed by atoms with Crippen LogP contribution in [0.3, 0.4) is 0 Å². The van der Waals surface area contributed by atoms with Crippen molar-refractivity contribution in [2.45, 2.75) is 45.2 Å². The Bertz CT molecular complexity index is 930. The van der Waals surface area contributed by atoms with E-state index in [4.69, 9.17) is 0 Å². The highest BCUT2D eigenvalue weighted by Crippen LogP contribution is 2.24. The van der Waals surface area contributed by atoms with Crippen LogP contribution in [0.2, 0.25) is 0 Å². The van der Waals surface area contributed by atoms with Crippen molar-refractivity contribution in [2.75, 3.05) is 0 Å². The van der Waals surface area contributed by atoms with Gasteiger partial charge in [0.1, 0.15) is 17.5 Å². The van der Waals surface area contributed by atoms with Crippen LogP contribution in [0.5, 0.6) is 0 Å². The molecule has 1 unspecified atom stereocenters. The minimum absolute atomic E-state index is 0.0406. The number of hydrogen-bond acceptors (Lipinski definition) is 3. The van der Waals surface area contributed by atoms with Gasteiger partial charge in [0.05, 0.1) is 6.04 Å². The Balaban J connectivity index is 1.61. The molecule has 2 aromatic carbocycles. The van der Waals surface area contributed by atoms with Gasteiger partial charge in [0.15, 0.2) is 0 Å². The lowest BCUT2D eigenvalue weighted by molar-refractivity contribution is -0.117. The average Bonchev–Trinajstić information content (AvgIpc) is 2.72. The SMILES string of the molecule is CC(NC(=O)/C(C#N)=C\NCc1ccccc1F)c1ccc2c(c1)CCCC2. The van der Waals surface area contributed by atoms with Gasteiger partial charge in [-0.3, -0.25) is 4.79 Å². The third-order valence-electron chi connectivity index (χ3n) is 5.08. The highest BCUT2D eigenvalue weighted by atomic mass is 19.1. The van der Waals surface area contributed by atoms with Crippen LogP contribution in [0, 0.1) is 17.1 Å². The van der Waals surface area contributed by atoms with Gasteiger partial charge in [-0.15, -0.1) is 0 Å². The number of nitriles is 1. The molecule has 1 atom stereocenters. The molecule has 0 radical (unpaired) electrons. The zero-order valence-corrected chi connectivity index (χ0v) is 16.0. The van der Waals surface area contributed by atoms with Crippen LogP contribution in [0.4, 0.5) is 4.39 Å². The molecule has 1 aliphatic carbocycles. The van der Waals surface area contributed by atoms with Gasteiger partial charge < -0.3 is 10.6 Å². The summed E-state index contributed by atoms with van der Waals surface area (Å²) < 4.78 is 13.6. The molecule has 1 aliphatic rings. The van der Waals surface area contributed by atoms with Crippen molar-refractivity contribution in [3.63, 3.8) is 0 Å². The number of hydrogen-bond donors (Lipinski definition) is 2. The second kappa shape index (κ2) is 9.18. The summed E-state index contributed by atoms with van der Waals surface area (Å²) in [5, 5.41) is 15.0. The van der Waals surface area contributed by atoms with Crippen LogP contribution in [0.15, 0.2) is 54.2 Å². The number of halogens is 1. The Labute approximate surface area is 165 Å². The van der Waals surface area contributed by atoms with Crippen LogP contribution >= 0.6 is 0 Å². The molecule has 5 heteroatoms. The van der Waals surface area contributed by atoms with Gasteiger partial charge in [0.25, 0.3) is 5.91 Å². The summed E-state index contributed by atoms with van der Waals surface area (Å²) in [7, 11) is 0. The highest BCUT2D eigenvalue weighted by molar-refractivity contribution is 5.97. The van der Waals surface area contributed by atoms with Crippen LogP contribution in [-0.2, 0) is 24.2 Å². The number of carbonyl (C=O) groups is 1. The number of benzene rings is 2. The van der Waals surface area contributed by atoms with Crippen LogP contribution < -0.4 is 10.6 Å². The molecule has 2 aromatic rings. The summed E-state index contributed by atoms with van der Waals surface area (Å²) in [5.74, 6) is -0.777. The lowest BCUT2D eigenvalue weighted by atomic mass is 9.89. The molecule has 3 rings (SSSR count). The number of carbonyl (C=O) groups excluding carboxylic acids is 1. The first kappa shape index (κ1) is 19.6. The monoisotopic (exact) mass is 377 g/mol. The lowest BCUT2D eigenvalue weighted by Gasteiger charge is -2.20. The maximum absolute atomic E-state index is 13.6.